The lowest BCUT2D eigenvalue weighted by atomic mass is 10.3. The molecular weight excluding hydrogens is 362 g/mol. The number of nitrogen functional groups attached to an aromatic ring is 1. The van der Waals surface area contributed by atoms with Gasteiger partial charge in [0.05, 0.1) is 4.92 Å². The van der Waals surface area contributed by atoms with Gasteiger partial charge in [0.1, 0.15) is 18.2 Å². The number of rotatable bonds is 6. The van der Waals surface area contributed by atoms with Gasteiger partial charge < -0.3 is 15.8 Å². The summed E-state index contributed by atoms with van der Waals surface area (Å²) in [6, 6.07) is 8.29. The maximum atomic E-state index is 13.3. The summed E-state index contributed by atoms with van der Waals surface area (Å²) < 4.78 is 31.6. The first-order chi connectivity index (χ1) is 12.9. The maximum absolute atomic E-state index is 13.3. The van der Waals surface area contributed by atoms with Crippen LogP contribution < -0.4 is 15.8 Å². The molecule has 3 N–H and O–H groups in total. The summed E-state index contributed by atoms with van der Waals surface area (Å²) in [5, 5.41) is 13.8. The first-order valence-corrected chi connectivity index (χ1v) is 7.50. The molecule has 0 bridgehead atoms. The van der Waals surface area contributed by atoms with Crippen LogP contribution in [0.2, 0.25) is 0 Å². The Morgan fingerprint density at radius 1 is 1.07 bits per heavy atom. The number of nitro benzene ring substituents is 1. The van der Waals surface area contributed by atoms with Gasteiger partial charge in [-0.05, 0) is 30.3 Å². The number of anilines is 3. The van der Waals surface area contributed by atoms with Gasteiger partial charge in [0, 0.05) is 17.8 Å². The number of benzene rings is 2. The van der Waals surface area contributed by atoms with Crippen LogP contribution in [0.15, 0.2) is 42.5 Å². The minimum atomic E-state index is -0.696. The predicted octanol–water partition coefficient (Wildman–Crippen LogP) is 2.96. The van der Waals surface area contributed by atoms with Crippen LogP contribution in [0.1, 0.15) is 5.82 Å². The third-order valence-electron chi connectivity index (χ3n) is 3.27. The van der Waals surface area contributed by atoms with Crippen molar-refractivity contribution in [1.29, 1.82) is 0 Å². The van der Waals surface area contributed by atoms with E-state index in [-0.39, 0.29) is 30.1 Å². The number of aromatic nitrogens is 3. The third kappa shape index (κ3) is 4.60. The fraction of sp³-hybridized carbons (Fsp3) is 0.0625. The van der Waals surface area contributed by atoms with E-state index in [1.807, 2.05) is 0 Å². The second-order valence-corrected chi connectivity index (χ2v) is 5.22. The lowest BCUT2D eigenvalue weighted by Crippen LogP contribution is -2.10. The monoisotopic (exact) mass is 374 g/mol. The Balaban J connectivity index is 1.78. The zero-order valence-electron chi connectivity index (χ0n) is 13.6. The molecule has 0 unspecified atom stereocenters. The maximum Gasteiger partial charge on any atom is 0.311 e. The first-order valence-electron chi connectivity index (χ1n) is 7.50. The van der Waals surface area contributed by atoms with Crippen LogP contribution in [-0.4, -0.2) is 19.9 Å². The van der Waals surface area contributed by atoms with Gasteiger partial charge in [-0.1, -0.05) is 0 Å². The van der Waals surface area contributed by atoms with Crippen molar-refractivity contribution in [2.75, 3.05) is 11.1 Å². The Bertz CT molecular complexity index is 984. The van der Waals surface area contributed by atoms with Crippen molar-refractivity contribution in [2.45, 2.75) is 6.61 Å². The van der Waals surface area contributed by atoms with Crippen molar-refractivity contribution >= 4 is 23.3 Å². The quantitative estimate of drug-likeness (QED) is 0.498. The van der Waals surface area contributed by atoms with Crippen LogP contribution in [-0.2, 0) is 6.61 Å². The number of nitrogens with one attached hydrogen (secondary N) is 1. The van der Waals surface area contributed by atoms with Crippen LogP contribution in [0.3, 0.4) is 0 Å². The number of nitrogens with two attached hydrogens (primary N) is 1. The van der Waals surface area contributed by atoms with Gasteiger partial charge in [-0.2, -0.15) is 15.0 Å². The molecule has 2 aromatic carbocycles. The highest BCUT2D eigenvalue weighted by atomic mass is 19.1. The molecule has 0 aliphatic rings. The Hall–Kier alpha value is -3.89. The first kappa shape index (κ1) is 17.9. The molecule has 0 saturated heterocycles. The van der Waals surface area contributed by atoms with E-state index in [9.17, 15) is 18.9 Å². The van der Waals surface area contributed by atoms with Gasteiger partial charge in [-0.15, -0.1) is 0 Å². The molecule has 1 heterocycles. The molecule has 0 fully saturated rings. The lowest BCUT2D eigenvalue weighted by Gasteiger charge is -2.09. The summed E-state index contributed by atoms with van der Waals surface area (Å²) >= 11 is 0. The summed E-state index contributed by atoms with van der Waals surface area (Å²) in [4.78, 5) is 22.1. The average molecular weight is 374 g/mol. The van der Waals surface area contributed by atoms with E-state index < -0.39 is 22.2 Å². The summed E-state index contributed by atoms with van der Waals surface area (Å²) in [5.74, 6) is -1.35. The third-order valence-corrected chi connectivity index (χ3v) is 3.27. The van der Waals surface area contributed by atoms with Crippen LogP contribution in [0, 0.1) is 21.7 Å². The molecule has 3 aromatic rings. The Kier molecular flexibility index (Phi) is 5.01. The molecule has 0 aliphatic carbocycles. The van der Waals surface area contributed by atoms with E-state index in [1.54, 1.807) is 0 Å². The van der Waals surface area contributed by atoms with Crippen molar-refractivity contribution in [3.63, 3.8) is 0 Å². The zero-order chi connectivity index (χ0) is 19.4. The fourth-order valence-electron chi connectivity index (χ4n) is 2.12. The molecule has 9 nitrogen and oxygen atoms in total. The standard InChI is InChI=1S/C16H12F2N6O3/c17-9-1-4-11(5-2-9)20-16-22-14(21-15(19)23-16)8-27-13-7-10(18)3-6-12(13)24(25)26/h1-7H,8H2,(H3,19,20,21,22,23). The number of hydrogen-bond acceptors (Lipinski definition) is 8. The zero-order valence-corrected chi connectivity index (χ0v) is 13.6. The van der Waals surface area contributed by atoms with E-state index in [0.29, 0.717) is 5.69 Å². The largest absolute Gasteiger partial charge is 0.478 e. The van der Waals surface area contributed by atoms with Crippen molar-refractivity contribution in [1.82, 2.24) is 15.0 Å². The van der Waals surface area contributed by atoms with E-state index in [4.69, 9.17) is 10.5 Å². The fourth-order valence-corrected chi connectivity index (χ4v) is 2.12. The van der Waals surface area contributed by atoms with Crippen molar-refractivity contribution in [2.24, 2.45) is 0 Å². The van der Waals surface area contributed by atoms with Gasteiger partial charge in [0.2, 0.25) is 11.9 Å². The Labute approximate surface area is 151 Å². The predicted molar refractivity (Wildman–Crippen MR) is 91.3 cm³/mol. The second kappa shape index (κ2) is 7.56. The molecule has 0 radical (unpaired) electrons. The van der Waals surface area contributed by atoms with Crippen molar-refractivity contribution in [3.8, 4) is 5.75 Å². The Morgan fingerprint density at radius 2 is 1.78 bits per heavy atom. The van der Waals surface area contributed by atoms with E-state index in [2.05, 4.69) is 20.3 Å². The molecule has 11 heteroatoms. The Morgan fingerprint density at radius 3 is 2.48 bits per heavy atom. The molecule has 0 atom stereocenters. The summed E-state index contributed by atoms with van der Waals surface area (Å²) in [7, 11) is 0. The highest BCUT2D eigenvalue weighted by molar-refractivity contribution is 5.53. The molecule has 0 aliphatic heterocycles. The van der Waals surface area contributed by atoms with Crippen molar-refractivity contribution in [3.05, 3.63) is 70.0 Å². The SMILES string of the molecule is Nc1nc(COc2cc(F)ccc2[N+](=O)[O-])nc(Nc2ccc(F)cc2)n1. The minimum Gasteiger partial charge on any atom is -0.478 e. The average Bonchev–Trinajstić information content (AvgIpc) is 2.61. The molecule has 1 aromatic heterocycles. The van der Waals surface area contributed by atoms with E-state index in [1.165, 1.54) is 24.3 Å². The summed E-state index contributed by atoms with van der Waals surface area (Å²) in [6.07, 6.45) is 0. The van der Waals surface area contributed by atoms with Gasteiger partial charge in [0.25, 0.3) is 0 Å². The number of halogens is 2. The highest BCUT2D eigenvalue weighted by Crippen LogP contribution is 2.28. The van der Waals surface area contributed by atoms with Gasteiger partial charge in [-0.3, -0.25) is 10.1 Å². The van der Waals surface area contributed by atoms with Gasteiger partial charge in [0.15, 0.2) is 11.6 Å². The molecule has 3 rings (SSSR count). The number of nitrogens with zero attached hydrogens (tertiary/aromatic N) is 4. The molecule has 0 saturated carbocycles. The van der Waals surface area contributed by atoms with Crippen LogP contribution >= 0.6 is 0 Å². The van der Waals surface area contributed by atoms with Crippen LogP contribution in [0.5, 0.6) is 5.75 Å². The number of nitro groups is 1. The summed E-state index contributed by atoms with van der Waals surface area (Å²) in [5.41, 5.74) is 5.73. The van der Waals surface area contributed by atoms with E-state index in [0.717, 1.165) is 18.2 Å². The topological polar surface area (TPSA) is 129 Å². The normalized spacial score (nSPS) is 10.4. The minimum absolute atomic E-state index is 0.0608. The second-order valence-electron chi connectivity index (χ2n) is 5.22. The van der Waals surface area contributed by atoms with E-state index >= 15 is 0 Å². The summed E-state index contributed by atoms with van der Waals surface area (Å²) in [6.45, 7) is -0.310. The number of ether oxygens (including phenoxy) is 1. The molecular formula is C16H12F2N6O3. The molecule has 27 heavy (non-hydrogen) atoms. The highest BCUT2D eigenvalue weighted by Gasteiger charge is 2.17. The smallest absolute Gasteiger partial charge is 0.311 e. The van der Waals surface area contributed by atoms with Gasteiger partial charge in [-0.25, -0.2) is 8.78 Å². The van der Waals surface area contributed by atoms with Crippen molar-refractivity contribution < 1.29 is 18.4 Å². The molecule has 0 spiro atoms. The van der Waals surface area contributed by atoms with Crippen LogP contribution in [0.4, 0.5) is 32.1 Å². The molecule has 0 amide bonds. The van der Waals surface area contributed by atoms with Crippen LogP contribution in [0.25, 0.3) is 0 Å². The lowest BCUT2D eigenvalue weighted by molar-refractivity contribution is -0.386. The number of hydrogen-bond donors (Lipinski definition) is 2. The van der Waals surface area contributed by atoms with Gasteiger partial charge >= 0.3 is 5.69 Å². The molecule has 138 valence electrons.